The monoisotopic (exact) mass is 512 g/mol. The van der Waals surface area contributed by atoms with E-state index in [1.54, 1.807) is 8.61 Å². The second-order valence-electron chi connectivity index (χ2n) is 8.71. The Hall–Kier alpha value is -2.84. The van der Waals surface area contributed by atoms with Gasteiger partial charge in [-0.3, -0.25) is 9.21 Å². The minimum Gasteiger partial charge on any atom is -0.360 e. The number of aromatic amines is 1. The van der Waals surface area contributed by atoms with Gasteiger partial charge in [0.25, 0.3) is 0 Å². The van der Waals surface area contributed by atoms with E-state index < -0.39 is 10.2 Å². The van der Waals surface area contributed by atoms with Gasteiger partial charge < -0.3 is 4.98 Å². The summed E-state index contributed by atoms with van der Waals surface area (Å²) in [7, 11) is -3.49. The number of nitrogens with zero attached hydrogens (tertiary/aromatic N) is 3. The molecule has 4 heterocycles. The highest BCUT2D eigenvalue weighted by Gasteiger charge is 2.42. The normalized spacial score (nSPS) is 18.1. The van der Waals surface area contributed by atoms with Gasteiger partial charge >= 0.3 is 10.2 Å². The van der Waals surface area contributed by atoms with Crippen LogP contribution in [0.25, 0.3) is 16.5 Å². The summed E-state index contributed by atoms with van der Waals surface area (Å²) in [4.78, 5) is 5.46. The number of H-pyrrole nitrogens is 1. The van der Waals surface area contributed by atoms with E-state index in [1.165, 1.54) is 17.7 Å². The first-order valence-electron chi connectivity index (χ1n) is 13.1. The molecule has 194 valence electrons. The second-order valence-corrected chi connectivity index (χ2v) is 10.5. The first kappa shape index (κ1) is 26.2. The molecule has 3 aliphatic rings. The lowest BCUT2D eigenvalue weighted by molar-refractivity contribution is 0.311. The number of fused-ring (bicyclic) bond motifs is 1. The fourth-order valence-electron chi connectivity index (χ4n) is 5.26. The lowest BCUT2D eigenvalue weighted by Crippen LogP contribution is -2.43. The summed E-state index contributed by atoms with van der Waals surface area (Å²) in [6.45, 7) is 11.3. The predicted molar refractivity (Wildman–Crippen MR) is 148 cm³/mol. The lowest BCUT2D eigenvalue weighted by atomic mass is 9.99. The third-order valence-electron chi connectivity index (χ3n) is 6.88. The van der Waals surface area contributed by atoms with Gasteiger partial charge in [-0.1, -0.05) is 45.9 Å². The van der Waals surface area contributed by atoms with E-state index in [0.29, 0.717) is 19.6 Å². The molecule has 0 bridgehead atoms. The highest BCUT2D eigenvalue weighted by atomic mass is 32.2. The lowest BCUT2D eigenvalue weighted by Gasteiger charge is -2.29. The minimum atomic E-state index is -3.49. The zero-order valence-corrected chi connectivity index (χ0v) is 22.5. The Morgan fingerprint density at radius 2 is 1.81 bits per heavy atom. The summed E-state index contributed by atoms with van der Waals surface area (Å²) in [6.07, 6.45) is 6.84. The summed E-state index contributed by atoms with van der Waals surface area (Å²) in [5.41, 5.74) is 6.01. The molecule has 0 fully saturated rings. The van der Waals surface area contributed by atoms with Gasteiger partial charge in [-0.15, -0.1) is 0 Å². The van der Waals surface area contributed by atoms with Crippen molar-refractivity contribution in [3.05, 3.63) is 65.6 Å². The smallest absolute Gasteiger partial charge is 0.326 e. The van der Waals surface area contributed by atoms with Crippen molar-refractivity contribution in [2.75, 3.05) is 41.3 Å². The van der Waals surface area contributed by atoms with E-state index in [2.05, 4.69) is 16.0 Å². The molecule has 0 saturated carbocycles. The minimum absolute atomic E-state index is 0.241. The van der Waals surface area contributed by atoms with Crippen LogP contribution in [0.2, 0.25) is 0 Å². The van der Waals surface area contributed by atoms with Crippen LogP contribution in [0.5, 0.6) is 0 Å². The molecule has 3 aromatic rings. The molecule has 0 atom stereocenters. The molecule has 1 aromatic heterocycles. The molecule has 1 N–H and O–H groups in total. The fourth-order valence-corrected chi connectivity index (χ4v) is 7.01. The standard InChI is InChI=1S/C24H25FN4O2S.2C2H6/c25-19-6-7-20-21(16-26-22(20)15-19)17-8-11-27(12-9-17)13-14-28-23-5-1-3-18-4-2-10-29(24(18)23)32(28,30)31;2*1-2/h1,3,5-8,15-16,26H,2,4,9-14H2;2*1-2H3. The number of benzene rings is 2. The molecule has 0 spiro atoms. The third kappa shape index (κ3) is 4.64. The molecule has 36 heavy (non-hydrogen) atoms. The Balaban J connectivity index is 0.000000726. The Labute approximate surface area is 214 Å². The SMILES string of the molecule is CC.CC.O=S1(=O)N(CCN2CC=C(c3c[nH]c4cc(F)ccc34)CC2)c2cccc3c2N1CCC3. The first-order valence-corrected chi connectivity index (χ1v) is 14.5. The summed E-state index contributed by atoms with van der Waals surface area (Å²) in [6, 6.07) is 10.8. The Bertz CT molecular complexity index is 1350. The number of hydrogen-bond donors (Lipinski definition) is 1. The van der Waals surface area contributed by atoms with Crippen molar-refractivity contribution in [1.29, 1.82) is 0 Å². The zero-order valence-electron chi connectivity index (χ0n) is 21.7. The maximum Gasteiger partial charge on any atom is 0.326 e. The number of para-hydroxylation sites is 1. The second kappa shape index (κ2) is 11.0. The van der Waals surface area contributed by atoms with Gasteiger partial charge in [0, 0.05) is 55.4 Å². The van der Waals surface area contributed by atoms with Gasteiger partial charge in [0.1, 0.15) is 5.82 Å². The van der Waals surface area contributed by atoms with Crippen molar-refractivity contribution in [2.45, 2.75) is 47.0 Å². The average molecular weight is 513 g/mol. The van der Waals surface area contributed by atoms with E-state index in [9.17, 15) is 12.8 Å². The van der Waals surface area contributed by atoms with E-state index in [0.717, 1.165) is 65.8 Å². The van der Waals surface area contributed by atoms with E-state index in [-0.39, 0.29) is 5.82 Å². The van der Waals surface area contributed by atoms with Crippen molar-refractivity contribution in [3.8, 4) is 0 Å². The number of rotatable bonds is 4. The van der Waals surface area contributed by atoms with Crippen LogP contribution < -0.4 is 8.61 Å². The van der Waals surface area contributed by atoms with Crippen LogP contribution in [0.15, 0.2) is 48.7 Å². The summed E-state index contributed by atoms with van der Waals surface area (Å²) >= 11 is 0. The maximum absolute atomic E-state index is 13.5. The van der Waals surface area contributed by atoms with Crippen LogP contribution in [0.1, 0.15) is 51.7 Å². The van der Waals surface area contributed by atoms with Gasteiger partial charge in [-0.25, -0.2) is 8.70 Å². The number of nitrogens with one attached hydrogen (secondary N) is 1. The molecule has 6 rings (SSSR count). The van der Waals surface area contributed by atoms with E-state index >= 15 is 0 Å². The molecule has 6 nitrogen and oxygen atoms in total. The Kier molecular flexibility index (Phi) is 8.05. The van der Waals surface area contributed by atoms with Crippen molar-refractivity contribution in [2.24, 2.45) is 0 Å². The van der Waals surface area contributed by atoms with Gasteiger partial charge in [0.05, 0.1) is 11.4 Å². The molecule has 2 aromatic carbocycles. The van der Waals surface area contributed by atoms with Crippen molar-refractivity contribution < 1.29 is 12.8 Å². The molecule has 0 radical (unpaired) electrons. The molecule has 0 saturated heterocycles. The van der Waals surface area contributed by atoms with Crippen molar-refractivity contribution in [1.82, 2.24) is 9.88 Å². The molecule has 3 aliphatic heterocycles. The zero-order chi connectivity index (χ0) is 25.9. The Morgan fingerprint density at radius 3 is 2.56 bits per heavy atom. The molecule has 0 aliphatic carbocycles. The van der Waals surface area contributed by atoms with Crippen LogP contribution in [0.3, 0.4) is 0 Å². The van der Waals surface area contributed by atoms with Crippen LogP contribution >= 0.6 is 0 Å². The molecular weight excluding hydrogens is 475 g/mol. The number of anilines is 2. The van der Waals surface area contributed by atoms with Crippen LogP contribution in [-0.4, -0.2) is 51.0 Å². The highest BCUT2D eigenvalue weighted by molar-refractivity contribution is 7.94. The Morgan fingerprint density at radius 1 is 1.00 bits per heavy atom. The molecule has 8 heteroatoms. The van der Waals surface area contributed by atoms with E-state index in [1.807, 2.05) is 58.2 Å². The first-order chi connectivity index (χ1) is 17.5. The fraction of sp³-hybridized carbons (Fsp3) is 0.429. The van der Waals surface area contributed by atoms with Gasteiger partial charge in [0.2, 0.25) is 0 Å². The summed E-state index contributed by atoms with van der Waals surface area (Å²) in [5.74, 6) is -0.241. The average Bonchev–Trinajstić information content (AvgIpc) is 3.43. The molecular formula is C28H37FN4O2S. The van der Waals surface area contributed by atoms with Gasteiger partial charge in [-0.2, -0.15) is 8.42 Å². The number of aromatic nitrogens is 1. The van der Waals surface area contributed by atoms with Gasteiger partial charge in [0.15, 0.2) is 0 Å². The topological polar surface area (TPSA) is 59.7 Å². The summed E-state index contributed by atoms with van der Waals surface area (Å²) in [5, 5.41) is 1.03. The van der Waals surface area contributed by atoms with Crippen molar-refractivity contribution in [3.63, 3.8) is 0 Å². The quantitative estimate of drug-likeness (QED) is 0.469. The predicted octanol–water partition coefficient (Wildman–Crippen LogP) is 5.97. The number of halogens is 1. The highest BCUT2D eigenvalue weighted by Crippen LogP contribution is 2.45. The van der Waals surface area contributed by atoms with Crippen LogP contribution in [0.4, 0.5) is 15.8 Å². The third-order valence-corrected chi connectivity index (χ3v) is 8.74. The number of aryl methyl sites for hydroxylation is 1. The molecule has 0 amide bonds. The molecule has 0 unspecified atom stereocenters. The number of hydrogen-bond acceptors (Lipinski definition) is 3. The largest absolute Gasteiger partial charge is 0.360 e. The van der Waals surface area contributed by atoms with Gasteiger partial charge in [-0.05, 0) is 54.7 Å². The van der Waals surface area contributed by atoms with Crippen LogP contribution in [-0.2, 0) is 16.6 Å². The summed E-state index contributed by atoms with van der Waals surface area (Å²) < 4.78 is 43.0. The van der Waals surface area contributed by atoms with E-state index in [4.69, 9.17) is 0 Å². The van der Waals surface area contributed by atoms with Crippen molar-refractivity contribution >= 4 is 38.1 Å². The maximum atomic E-state index is 13.5. The van der Waals surface area contributed by atoms with Crippen LogP contribution in [0, 0.1) is 5.82 Å².